The topological polar surface area (TPSA) is 50.1 Å². The molecule has 100 valence electrons. The number of hydrogen-bond acceptors (Lipinski definition) is 5. The van der Waals surface area contributed by atoms with Crippen molar-refractivity contribution in [3.8, 4) is 0 Å². The van der Waals surface area contributed by atoms with Gasteiger partial charge < -0.3 is 9.80 Å². The van der Waals surface area contributed by atoms with Crippen LogP contribution in [-0.2, 0) is 0 Å². The average Bonchev–Trinajstić information content (AvgIpc) is 2.74. The Hall–Kier alpha value is -1.63. The smallest absolute Gasteiger partial charge is 0.226 e. The summed E-state index contributed by atoms with van der Waals surface area (Å²) in [6.45, 7) is 1.86. The standard InChI is InChI=1S/C12H15BrN6/c1-17(2)12-14-4-3-11(16-12)18-7-10(8-18)19-6-9(13)5-15-19/h3-6,10H,7-8H2,1-2H3. The van der Waals surface area contributed by atoms with Gasteiger partial charge in [0.05, 0.1) is 16.7 Å². The van der Waals surface area contributed by atoms with E-state index < -0.39 is 0 Å². The van der Waals surface area contributed by atoms with Crippen LogP contribution in [0, 0.1) is 0 Å². The summed E-state index contributed by atoms with van der Waals surface area (Å²) in [4.78, 5) is 12.9. The molecule has 1 saturated heterocycles. The first-order valence-electron chi connectivity index (χ1n) is 6.08. The van der Waals surface area contributed by atoms with Crippen molar-refractivity contribution in [2.24, 2.45) is 0 Å². The third-order valence-electron chi connectivity index (χ3n) is 3.16. The Bertz CT molecular complexity index is 575. The molecule has 0 saturated carbocycles. The fraction of sp³-hybridized carbons (Fsp3) is 0.417. The van der Waals surface area contributed by atoms with E-state index >= 15 is 0 Å². The molecule has 1 fully saturated rings. The van der Waals surface area contributed by atoms with Crippen molar-refractivity contribution in [3.63, 3.8) is 0 Å². The highest BCUT2D eigenvalue weighted by Crippen LogP contribution is 2.27. The maximum Gasteiger partial charge on any atom is 0.226 e. The summed E-state index contributed by atoms with van der Waals surface area (Å²) in [6.07, 6.45) is 5.63. The first kappa shape index (κ1) is 12.4. The van der Waals surface area contributed by atoms with Gasteiger partial charge in [0.2, 0.25) is 5.95 Å². The van der Waals surface area contributed by atoms with Crippen LogP contribution in [0.1, 0.15) is 6.04 Å². The molecule has 7 heteroatoms. The van der Waals surface area contributed by atoms with Crippen molar-refractivity contribution >= 4 is 27.7 Å². The molecule has 0 amide bonds. The van der Waals surface area contributed by atoms with Crippen molar-refractivity contribution in [2.45, 2.75) is 6.04 Å². The molecule has 0 radical (unpaired) electrons. The van der Waals surface area contributed by atoms with Crippen molar-refractivity contribution < 1.29 is 0 Å². The molecule has 0 atom stereocenters. The molecule has 2 aromatic rings. The van der Waals surface area contributed by atoms with Crippen molar-refractivity contribution in [1.82, 2.24) is 19.7 Å². The number of hydrogen-bond donors (Lipinski definition) is 0. The number of halogens is 1. The van der Waals surface area contributed by atoms with E-state index in [2.05, 4.69) is 35.9 Å². The molecule has 1 aliphatic heterocycles. The predicted molar refractivity (Wildman–Crippen MR) is 77.5 cm³/mol. The monoisotopic (exact) mass is 322 g/mol. The Balaban J connectivity index is 1.68. The lowest BCUT2D eigenvalue weighted by Crippen LogP contribution is -2.48. The van der Waals surface area contributed by atoms with Gasteiger partial charge in [-0.05, 0) is 22.0 Å². The summed E-state index contributed by atoms with van der Waals surface area (Å²) in [5.74, 6) is 1.71. The number of rotatable bonds is 3. The van der Waals surface area contributed by atoms with E-state index in [1.165, 1.54) is 0 Å². The molecule has 0 unspecified atom stereocenters. The van der Waals surface area contributed by atoms with Crippen molar-refractivity contribution in [1.29, 1.82) is 0 Å². The van der Waals surface area contributed by atoms with Gasteiger partial charge in [0.15, 0.2) is 0 Å². The first-order chi connectivity index (χ1) is 9.13. The molecule has 0 aromatic carbocycles. The summed E-state index contributed by atoms with van der Waals surface area (Å²) in [5.41, 5.74) is 0. The average molecular weight is 323 g/mol. The lowest BCUT2D eigenvalue weighted by atomic mass is 10.1. The van der Waals surface area contributed by atoms with E-state index in [1.54, 1.807) is 6.20 Å². The van der Waals surface area contributed by atoms with Gasteiger partial charge in [-0.15, -0.1) is 0 Å². The lowest BCUT2D eigenvalue weighted by Gasteiger charge is -2.40. The summed E-state index contributed by atoms with van der Waals surface area (Å²) in [7, 11) is 3.89. The molecule has 3 rings (SSSR count). The van der Waals surface area contributed by atoms with Crippen molar-refractivity contribution in [2.75, 3.05) is 37.0 Å². The summed E-state index contributed by atoms with van der Waals surface area (Å²) < 4.78 is 3.01. The van der Waals surface area contributed by atoms with Crippen LogP contribution in [0.5, 0.6) is 0 Å². The Kier molecular flexibility index (Phi) is 3.14. The SMILES string of the molecule is CN(C)c1nccc(N2CC(n3cc(Br)cn3)C2)n1. The van der Waals surface area contributed by atoms with Crippen LogP contribution in [0.25, 0.3) is 0 Å². The zero-order valence-electron chi connectivity index (χ0n) is 10.9. The van der Waals surface area contributed by atoms with Crippen LogP contribution in [0.3, 0.4) is 0 Å². The molecule has 0 N–H and O–H groups in total. The van der Waals surface area contributed by atoms with Gasteiger partial charge in [-0.1, -0.05) is 0 Å². The van der Waals surface area contributed by atoms with E-state index in [0.717, 1.165) is 29.3 Å². The second-order valence-corrected chi connectivity index (χ2v) is 5.72. The van der Waals surface area contributed by atoms with Crippen LogP contribution < -0.4 is 9.80 Å². The van der Waals surface area contributed by atoms with Crippen LogP contribution in [0.15, 0.2) is 29.1 Å². The zero-order valence-corrected chi connectivity index (χ0v) is 12.4. The normalized spacial score (nSPS) is 15.4. The van der Waals surface area contributed by atoms with E-state index in [0.29, 0.717) is 6.04 Å². The number of nitrogens with zero attached hydrogens (tertiary/aromatic N) is 6. The molecule has 19 heavy (non-hydrogen) atoms. The highest BCUT2D eigenvalue weighted by molar-refractivity contribution is 9.10. The lowest BCUT2D eigenvalue weighted by molar-refractivity contribution is 0.366. The van der Waals surface area contributed by atoms with E-state index in [9.17, 15) is 0 Å². The molecule has 3 heterocycles. The minimum Gasteiger partial charge on any atom is -0.352 e. The molecule has 0 spiro atoms. The van der Waals surface area contributed by atoms with Gasteiger partial charge in [0.1, 0.15) is 5.82 Å². The minimum atomic E-state index is 0.420. The predicted octanol–water partition coefficient (Wildman–Crippen LogP) is 1.56. The third kappa shape index (κ3) is 2.42. The van der Waals surface area contributed by atoms with Gasteiger partial charge in [-0.2, -0.15) is 10.1 Å². The number of anilines is 2. The Morgan fingerprint density at radius 3 is 2.79 bits per heavy atom. The summed E-state index contributed by atoms with van der Waals surface area (Å²) >= 11 is 3.42. The molecule has 0 aliphatic carbocycles. The van der Waals surface area contributed by atoms with Crippen molar-refractivity contribution in [3.05, 3.63) is 29.1 Å². The minimum absolute atomic E-state index is 0.420. The molecule has 0 bridgehead atoms. The van der Waals surface area contributed by atoms with Crippen LogP contribution in [0.4, 0.5) is 11.8 Å². The second-order valence-electron chi connectivity index (χ2n) is 4.81. The third-order valence-corrected chi connectivity index (χ3v) is 3.57. The van der Waals surface area contributed by atoms with E-state index in [1.807, 2.05) is 42.1 Å². The highest BCUT2D eigenvalue weighted by Gasteiger charge is 2.30. The summed E-state index contributed by atoms with van der Waals surface area (Å²) in [6, 6.07) is 2.37. The van der Waals surface area contributed by atoms with E-state index in [4.69, 9.17) is 0 Å². The van der Waals surface area contributed by atoms with Crippen LogP contribution in [0.2, 0.25) is 0 Å². The van der Waals surface area contributed by atoms with E-state index in [-0.39, 0.29) is 0 Å². The quantitative estimate of drug-likeness (QED) is 0.858. The Morgan fingerprint density at radius 2 is 2.16 bits per heavy atom. The zero-order chi connectivity index (χ0) is 13.4. The fourth-order valence-corrected chi connectivity index (χ4v) is 2.36. The van der Waals surface area contributed by atoms with Gasteiger partial charge in [0.25, 0.3) is 0 Å². The second kappa shape index (κ2) is 4.80. The van der Waals surface area contributed by atoms with Gasteiger partial charge in [0, 0.05) is 39.6 Å². The first-order valence-corrected chi connectivity index (χ1v) is 6.88. The molecular formula is C12H15BrN6. The Morgan fingerprint density at radius 1 is 1.37 bits per heavy atom. The fourth-order valence-electron chi connectivity index (χ4n) is 2.06. The molecule has 2 aromatic heterocycles. The highest BCUT2D eigenvalue weighted by atomic mass is 79.9. The summed E-state index contributed by atoms with van der Waals surface area (Å²) in [5, 5.41) is 4.31. The van der Waals surface area contributed by atoms with Gasteiger partial charge in [-0.25, -0.2) is 4.98 Å². The van der Waals surface area contributed by atoms with Gasteiger partial charge >= 0.3 is 0 Å². The maximum atomic E-state index is 4.53. The molecular weight excluding hydrogens is 308 g/mol. The molecule has 1 aliphatic rings. The largest absolute Gasteiger partial charge is 0.352 e. The maximum absolute atomic E-state index is 4.53. The van der Waals surface area contributed by atoms with Crippen LogP contribution in [-0.4, -0.2) is 46.9 Å². The van der Waals surface area contributed by atoms with Gasteiger partial charge in [-0.3, -0.25) is 4.68 Å². The number of aromatic nitrogens is 4. The Labute approximate surface area is 120 Å². The molecule has 6 nitrogen and oxygen atoms in total. The van der Waals surface area contributed by atoms with Crippen LogP contribution >= 0.6 is 15.9 Å².